The highest BCUT2D eigenvalue weighted by molar-refractivity contribution is 5.11. The van der Waals surface area contributed by atoms with E-state index in [2.05, 4.69) is 0 Å². The Morgan fingerprint density at radius 2 is 1.20 bits per heavy atom. The molecule has 0 spiro atoms. The third kappa shape index (κ3) is 9.18. The fraction of sp³-hybridized carbons (Fsp3) is 0.700. The minimum Gasteiger partial charge on any atom is -0.0625 e. The quantitative estimate of drug-likeness (QED) is 0.495. The second-order valence-corrected chi connectivity index (χ2v) is 3.90. The van der Waals surface area contributed by atoms with Crippen LogP contribution in [0, 0.1) is 18.8 Å². The minimum absolute atomic E-state index is 0.124. The van der Waals surface area contributed by atoms with Crippen molar-refractivity contribution in [3.8, 4) is 0 Å². The Morgan fingerprint density at radius 3 is 1.60 bits per heavy atom. The molecule has 0 aromatic heterocycles. The predicted molar refractivity (Wildman–Crippen MR) is 91.1 cm³/mol. The lowest BCUT2D eigenvalue weighted by Gasteiger charge is -2.15. The maximum Gasteiger partial charge on any atom is 0.0625 e. The second kappa shape index (κ2) is 10.9. The molecule has 0 saturated heterocycles. The van der Waals surface area contributed by atoms with Crippen molar-refractivity contribution in [2.75, 3.05) is 0 Å². The highest BCUT2D eigenvalue weighted by atomic mass is 14.1. The smallest absolute Gasteiger partial charge is 0.0625 e. The molecule has 0 heteroatoms. The topological polar surface area (TPSA) is 0 Å². The fourth-order valence-electron chi connectivity index (χ4n) is 0.993. The van der Waals surface area contributed by atoms with Crippen LogP contribution in [-0.4, -0.2) is 0 Å². The molecule has 0 N–H and O–H groups in total. The lowest BCUT2D eigenvalue weighted by atomic mass is 9.91. The Balaban J connectivity index is 0.000000328. The molecule has 20 heavy (non-hydrogen) atoms. The lowest BCUT2D eigenvalue weighted by Crippen LogP contribution is -1.99. The summed E-state index contributed by atoms with van der Waals surface area (Å²) in [4.78, 5) is 0. The van der Waals surface area contributed by atoms with Crippen molar-refractivity contribution in [2.45, 2.75) is 78.1 Å². The van der Waals surface area contributed by atoms with Crippen molar-refractivity contribution in [2.24, 2.45) is 11.8 Å². The predicted octanol–water partition coefficient (Wildman–Crippen LogP) is 6.78. The highest BCUT2D eigenvalue weighted by Gasteiger charge is 2.07. The minimum atomic E-state index is -3.26. The van der Waals surface area contributed by atoms with E-state index in [0.717, 1.165) is 6.92 Å². The van der Waals surface area contributed by atoms with Gasteiger partial charge in [-0.05, 0) is 18.8 Å². The van der Waals surface area contributed by atoms with Gasteiger partial charge in [-0.15, -0.1) is 0 Å². The van der Waals surface area contributed by atoms with Gasteiger partial charge in [0, 0.05) is 24.7 Å². The van der Waals surface area contributed by atoms with Crippen molar-refractivity contribution < 1.29 is 31.5 Å². The molecular formula is C20H34. The largest absolute Gasteiger partial charge is 0.0625 e. The van der Waals surface area contributed by atoms with E-state index in [1.807, 2.05) is 0 Å². The number of rotatable bonds is 0. The van der Waals surface area contributed by atoms with E-state index >= 15 is 0 Å². The van der Waals surface area contributed by atoms with Gasteiger partial charge < -0.3 is 0 Å². The molecule has 0 bridgehead atoms. The van der Waals surface area contributed by atoms with Gasteiger partial charge in [0.15, 0.2) is 0 Å². The first-order chi connectivity index (χ1) is 18.5. The second-order valence-electron chi connectivity index (χ2n) is 3.90. The summed E-state index contributed by atoms with van der Waals surface area (Å²) in [5.74, 6) is -2.93. The van der Waals surface area contributed by atoms with Crippen LogP contribution in [0.25, 0.3) is 0 Å². The Labute approximate surface area is 159 Å². The van der Waals surface area contributed by atoms with Crippen LogP contribution < -0.4 is 0 Å². The molecule has 0 heterocycles. The fourth-order valence-corrected chi connectivity index (χ4v) is 0.993. The summed E-state index contributed by atoms with van der Waals surface area (Å²) in [6, 6.07) is -1.13. The Bertz CT molecular complexity index is 1050. The summed E-state index contributed by atoms with van der Waals surface area (Å²) < 4.78 is 171. The molecule has 2 fully saturated rings. The number of hydrogen-bond acceptors (Lipinski definition) is 0. The molecule has 2 aliphatic rings. The van der Waals surface area contributed by atoms with Gasteiger partial charge in [0.05, 0.1) is 6.85 Å². The third-order valence-corrected chi connectivity index (χ3v) is 1.97. The molecule has 0 nitrogen and oxygen atoms in total. The zero-order valence-corrected chi connectivity index (χ0v) is 11.7. The van der Waals surface area contributed by atoms with Crippen LogP contribution in [-0.2, 0) is 0 Å². The van der Waals surface area contributed by atoms with E-state index in [9.17, 15) is 0 Å². The molecule has 0 unspecified atom stereocenters. The van der Waals surface area contributed by atoms with Crippen LogP contribution in [0.2, 0.25) is 0 Å². The third-order valence-electron chi connectivity index (χ3n) is 1.97. The number of benzene rings is 1. The van der Waals surface area contributed by atoms with Crippen LogP contribution in [0.3, 0.4) is 0 Å². The van der Waals surface area contributed by atoms with E-state index in [1.165, 1.54) is 13.8 Å². The summed E-state index contributed by atoms with van der Waals surface area (Å²) >= 11 is 0. The van der Waals surface area contributed by atoms with Crippen LogP contribution in [0.5, 0.6) is 0 Å². The lowest BCUT2D eigenvalue weighted by molar-refractivity contribution is 0.385. The van der Waals surface area contributed by atoms with Crippen molar-refractivity contribution >= 4 is 0 Å². The van der Waals surface area contributed by atoms with E-state index in [-0.39, 0.29) is 30.2 Å². The van der Waals surface area contributed by atoms with Gasteiger partial charge >= 0.3 is 0 Å². The molecule has 0 aliphatic heterocycles. The monoisotopic (exact) mass is 297 g/mol. The molecule has 1 aromatic rings. The van der Waals surface area contributed by atoms with Crippen molar-refractivity contribution in [3.05, 3.63) is 35.8 Å². The molecule has 2 saturated carbocycles. The molecule has 0 atom stereocenters. The average molecular weight is 298 g/mol. The molecular weight excluding hydrogens is 240 g/mol. The zero-order chi connectivity index (χ0) is 35.1. The number of hydrogen-bond donors (Lipinski definition) is 0. The SMILES string of the molecule is [2H]C1([2H])C(C)C([2H])([2H])C([2H])([2H])C([2H])([2H])C1([2H])[2H].[2H]C1([2H])C(C)C([2H])([2H])C([2H])([2H])C1([2H])[2H].[2H]c1c([2H])c([2H])c(C)c([2H])c1[2H]. The maximum absolute atomic E-state index is 7.57. The summed E-state index contributed by atoms with van der Waals surface area (Å²) in [6.07, 6.45) is -25.7. The first-order valence-electron chi connectivity index (χ1n) is 17.6. The first kappa shape index (κ1) is 3.58. The van der Waals surface area contributed by atoms with Crippen LogP contribution >= 0.6 is 0 Å². The van der Waals surface area contributed by atoms with Crippen LogP contribution in [0.1, 0.15) is 108 Å². The van der Waals surface area contributed by atoms with Crippen molar-refractivity contribution in [1.82, 2.24) is 0 Å². The van der Waals surface area contributed by atoms with Crippen molar-refractivity contribution in [1.29, 1.82) is 0 Å². The molecule has 1 aromatic carbocycles. The summed E-state index contributed by atoms with van der Waals surface area (Å²) in [5, 5.41) is 0. The summed E-state index contributed by atoms with van der Waals surface area (Å²) in [6.45, 7) is 3.77. The molecule has 0 amide bonds. The average Bonchev–Trinajstić information content (AvgIpc) is 2.93. The van der Waals surface area contributed by atoms with Gasteiger partial charge in [0.25, 0.3) is 0 Å². The van der Waals surface area contributed by atoms with E-state index in [0.29, 0.717) is 5.56 Å². The normalized spacial score (nSPS) is 59.0. The van der Waals surface area contributed by atoms with E-state index < -0.39 is 69.2 Å². The van der Waals surface area contributed by atoms with E-state index in [1.54, 1.807) is 0 Å². The highest BCUT2D eigenvalue weighted by Crippen LogP contribution is 2.23. The zero-order valence-electron chi connectivity index (χ0n) is 34.7. The molecule has 0 radical (unpaired) electrons. The van der Waals surface area contributed by atoms with Gasteiger partial charge in [-0.2, -0.15) is 0 Å². The van der Waals surface area contributed by atoms with E-state index in [4.69, 9.17) is 31.5 Å². The van der Waals surface area contributed by atoms with Crippen LogP contribution in [0.4, 0.5) is 0 Å². The molecule has 2 aliphatic carbocycles. The van der Waals surface area contributed by atoms with Gasteiger partial charge in [-0.3, -0.25) is 0 Å². The van der Waals surface area contributed by atoms with Gasteiger partial charge in [0.1, 0.15) is 0 Å². The standard InChI is InChI=1S/C7H14.C7H8.C6H12/c2*1-7-5-3-2-4-6-7;1-6-4-2-3-5-6/h7H,2-6H2,1H3;2-6H,1H3;6H,2-5H2,1H3/i2D2,3D2,4D2,5D2,6D2;2D,3D,4D,5D,6D;2D2,3D2,4D2,5D2. The summed E-state index contributed by atoms with van der Waals surface area (Å²) in [5.41, 5.74) is 0.293. The first-order valence-corrected chi connectivity index (χ1v) is 6.06. The van der Waals surface area contributed by atoms with Crippen molar-refractivity contribution in [3.63, 3.8) is 0 Å². The van der Waals surface area contributed by atoms with Crippen LogP contribution in [0.15, 0.2) is 30.2 Å². The van der Waals surface area contributed by atoms with Gasteiger partial charge in [-0.1, -0.05) is 107 Å². The Morgan fingerprint density at radius 1 is 0.800 bits per heavy atom. The summed E-state index contributed by atoms with van der Waals surface area (Å²) in [7, 11) is 0. The van der Waals surface area contributed by atoms with Gasteiger partial charge in [0.2, 0.25) is 0 Å². The Hall–Kier alpha value is -0.780. The van der Waals surface area contributed by atoms with Gasteiger partial charge in [-0.25, -0.2) is 0 Å². The maximum atomic E-state index is 7.57. The Kier molecular flexibility index (Phi) is 1.96. The molecule has 114 valence electrons. The molecule has 3 rings (SSSR count).